The molecule has 0 saturated carbocycles. The van der Waals surface area contributed by atoms with Gasteiger partial charge in [0.2, 0.25) is 0 Å². The van der Waals surface area contributed by atoms with Crippen molar-refractivity contribution < 1.29 is 4.74 Å². The smallest absolute Gasteiger partial charge is 0.119 e. The lowest BCUT2D eigenvalue weighted by molar-refractivity contribution is 0.412. The van der Waals surface area contributed by atoms with Crippen molar-refractivity contribution in [2.75, 3.05) is 12.9 Å². The van der Waals surface area contributed by atoms with Crippen LogP contribution in [-0.4, -0.2) is 12.9 Å². The van der Waals surface area contributed by atoms with Gasteiger partial charge in [-0.25, -0.2) is 0 Å². The molecule has 3 heteroatoms. The zero-order chi connectivity index (χ0) is 13.9. The molecule has 1 unspecified atom stereocenters. The van der Waals surface area contributed by atoms with Gasteiger partial charge in [0.05, 0.1) is 7.11 Å². The molecule has 0 aliphatic carbocycles. The normalized spacial score (nSPS) is 18.6. The number of methoxy groups -OCH3 is 1. The number of hydrogen-bond acceptors (Lipinski definition) is 3. The Labute approximate surface area is 124 Å². The van der Waals surface area contributed by atoms with Gasteiger partial charge in [0.1, 0.15) is 5.75 Å². The van der Waals surface area contributed by atoms with Crippen LogP contribution in [0.3, 0.4) is 0 Å². The Morgan fingerprint density at radius 2 is 2.05 bits per heavy atom. The summed E-state index contributed by atoms with van der Waals surface area (Å²) in [4.78, 5) is 1.41. The summed E-state index contributed by atoms with van der Waals surface area (Å²) >= 11 is 1.93. The third kappa shape index (κ3) is 2.69. The quantitative estimate of drug-likeness (QED) is 0.910. The SMILES string of the molecule is COc1cccc([C@@H](C)NC2CSc3ccccc32)c1. The number of benzene rings is 2. The van der Waals surface area contributed by atoms with Crippen molar-refractivity contribution in [3.63, 3.8) is 0 Å². The van der Waals surface area contributed by atoms with E-state index in [9.17, 15) is 0 Å². The van der Waals surface area contributed by atoms with Crippen LogP contribution in [0.1, 0.15) is 30.1 Å². The molecule has 20 heavy (non-hydrogen) atoms. The predicted molar refractivity (Wildman–Crippen MR) is 84.5 cm³/mol. The molecule has 1 heterocycles. The van der Waals surface area contributed by atoms with E-state index in [0.29, 0.717) is 12.1 Å². The van der Waals surface area contributed by atoms with Crippen molar-refractivity contribution in [3.05, 3.63) is 59.7 Å². The minimum Gasteiger partial charge on any atom is -0.497 e. The molecule has 0 bridgehead atoms. The Kier molecular flexibility index (Phi) is 3.99. The highest BCUT2D eigenvalue weighted by molar-refractivity contribution is 7.99. The number of thioether (sulfide) groups is 1. The van der Waals surface area contributed by atoms with Gasteiger partial charge in [-0.15, -0.1) is 11.8 Å². The molecule has 2 aromatic rings. The van der Waals surface area contributed by atoms with E-state index in [0.717, 1.165) is 11.5 Å². The third-order valence-electron chi connectivity index (χ3n) is 3.74. The summed E-state index contributed by atoms with van der Waals surface area (Å²) in [6.07, 6.45) is 0. The van der Waals surface area contributed by atoms with Crippen LogP contribution in [0, 0.1) is 0 Å². The Hall–Kier alpha value is -1.45. The van der Waals surface area contributed by atoms with Crippen molar-refractivity contribution in [2.45, 2.75) is 23.9 Å². The first-order valence-corrected chi connectivity index (χ1v) is 7.88. The lowest BCUT2D eigenvalue weighted by atomic mass is 10.0. The fraction of sp³-hybridized carbons (Fsp3) is 0.294. The largest absolute Gasteiger partial charge is 0.497 e. The summed E-state index contributed by atoms with van der Waals surface area (Å²) in [7, 11) is 1.71. The second-order valence-electron chi connectivity index (χ2n) is 5.07. The van der Waals surface area contributed by atoms with Crippen LogP contribution in [0.15, 0.2) is 53.4 Å². The minimum atomic E-state index is 0.307. The van der Waals surface area contributed by atoms with Gasteiger partial charge in [-0.2, -0.15) is 0 Å². The van der Waals surface area contributed by atoms with Gasteiger partial charge in [-0.1, -0.05) is 30.3 Å². The predicted octanol–water partition coefficient (Wildman–Crippen LogP) is 4.19. The van der Waals surface area contributed by atoms with Crippen molar-refractivity contribution in [1.82, 2.24) is 5.32 Å². The monoisotopic (exact) mass is 285 g/mol. The van der Waals surface area contributed by atoms with Crippen LogP contribution in [-0.2, 0) is 0 Å². The van der Waals surface area contributed by atoms with E-state index < -0.39 is 0 Å². The second-order valence-corrected chi connectivity index (χ2v) is 6.13. The zero-order valence-corrected chi connectivity index (χ0v) is 12.6. The molecule has 0 saturated heterocycles. The molecule has 2 atom stereocenters. The van der Waals surface area contributed by atoms with Crippen LogP contribution in [0.4, 0.5) is 0 Å². The van der Waals surface area contributed by atoms with Gasteiger partial charge in [0, 0.05) is 22.7 Å². The third-order valence-corrected chi connectivity index (χ3v) is 4.93. The summed E-state index contributed by atoms with van der Waals surface area (Å²) in [5, 5.41) is 3.73. The molecule has 0 radical (unpaired) electrons. The molecular formula is C17H19NOS. The van der Waals surface area contributed by atoms with Crippen LogP contribution in [0.25, 0.3) is 0 Å². The highest BCUT2D eigenvalue weighted by Gasteiger charge is 2.24. The van der Waals surface area contributed by atoms with E-state index in [1.165, 1.54) is 16.0 Å². The summed E-state index contributed by atoms with van der Waals surface area (Å²) in [6, 6.07) is 17.7. The van der Waals surface area contributed by atoms with Crippen LogP contribution < -0.4 is 10.1 Å². The molecule has 1 N–H and O–H groups in total. The van der Waals surface area contributed by atoms with Gasteiger partial charge in [-0.05, 0) is 36.2 Å². The van der Waals surface area contributed by atoms with Crippen LogP contribution in [0.5, 0.6) is 5.75 Å². The molecule has 0 aromatic heterocycles. The number of ether oxygens (including phenoxy) is 1. The molecule has 1 aliphatic rings. The Morgan fingerprint density at radius 1 is 1.20 bits per heavy atom. The van der Waals surface area contributed by atoms with Gasteiger partial charge < -0.3 is 10.1 Å². The van der Waals surface area contributed by atoms with E-state index >= 15 is 0 Å². The number of hydrogen-bond donors (Lipinski definition) is 1. The van der Waals surface area contributed by atoms with Gasteiger partial charge in [0.15, 0.2) is 0 Å². The number of rotatable bonds is 4. The van der Waals surface area contributed by atoms with Crippen molar-refractivity contribution in [2.24, 2.45) is 0 Å². The minimum absolute atomic E-state index is 0.307. The Bertz CT molecular complexity index is 599. The van der Waals surface area contributed by atoms with Gasteiger partial charge in [-0.3, -0.25) is 0 Å². The van der Waals surface area contributed by atoms with E-state index in [1.54, 1.807) is 7.11 Å². The van der Waals surface area contributed by atoms with Gasteiger partial charge >= 0.3 is 0 Å². The van der Waals surface area contributed by atoms with E-state index in [-0.39, 0.29) is 0 Å². The maximum atomic E-state index is 5.30. The molecule has 104 valence electrons. The van der Waals surface area contributed by atoms with Crippen LogP contribution >= 0.6 is 11.8 Å². The standard InChI is InChI=1S/C17H19NOS/c1-12(13-6-5-7-14(10-13)19-2)18-16-11-20-17-9-4-3-8-15(16)17/h3-10,12,16,18H,11H2,1-2H3/t12-,16?/m1/s1. The number of fused-ring (bicyclic) bond motifs is 1. The average Bonchev–Trinajstić information content (AvgIpc) is 2.90. The van der Waals surface area contributed by atoms with Gasteiger partial charge in [0.25, 0.3) is 0 Å². The summed E-state index contributed by atoms with van der Waals surface area (Å²) in [5.74, 6) is 2.02. The molecule has 0 fully saturated rings. The van der Waals surface area contributed by atoms with Crippen molar-refractivity contribution in [1.29, 1.82) is 0 Å². The average molecular weight is 285 g/mol. The summed E-state index contributed by atoms with van der Waals surface area (Å²) in [5.41, 5.74) is 2.69. The molecule has 2 nitrogen and oxygen atoms in total. The summed E-state index contributed by atoms with van der Waals surface area (Å²) in [6.45, 7) is 2.21. The molecular weight excluding hydrogens is 266 g/mol. The topological polar surface area (TPSA) is 21.3 Å². The molecule has 0 spiro atoms. The lowest BCUT2D eigenvalue weighted by Gasteiger charge is -2.20. The molecule has 1 aliphatic heterocycles. The lowest BCUT2D eigenvalue weighted by Crippen LogP contribution is -2.24. The maximum Gasteiger partial charge on any atom is 0.119 e. The van der Waals surface area contributed by atoms with E-state index in [4.69, 9.17) is 4.74 Å². The first kappa shape index (κ1) is 13.5. The maximum absolute atomic E-state index is 5.30. The van der Waals surface area contributed by atoms with E-state index in [1.807, 2.05) is 23.9 Å². The second kappa shape index (κ2) is 5.90. The zero-order valence-electron chi connectivity index (χ0n) is 11.8. The highest BCUT2D eigenvalue weighted by Crippen LogP contribution is 2.38. The van der Waals surface area contributed by atoms with Crippen molar-refractivity contribution in [3.8, 4) is 5.75 Å². The van der Waals surface area contributed by atoms with Crippen molar-refractivity contribution >= 4 is 11.8 Å². The fourth-order valence-electron chi connectivity index (χ4n) is 2.61. The first-order chi connectivity index (χ1) is 9.78. The summed E-state index contributed by atoms with van der Waals surface area (Å²) < 4.78 is 5.30. The first-order valence-electron chi connectivity index (χ1n) is 6.89. The fourth-order valence-corrected chi connectivity index (χ4v) is 3.78. The van der Waals surface area contributed by atoms with Crippen LogP contribution in [0.2, 0.25) is 0 Å². The number of nitrogens with one attached hydrogen (secondary N) is 1. The highest BCUT2D eigenvalue weighted by atomic mass is 32.2. The molecule has 0 amide bonds. The van der Waals surface area contributed by atoms with E-state index in [2.05, 4.69) is 48.6 Å². The Morgan fingerprint density at radius 3 is 2.90 bits per heavy atom. The molecule has 3 rings (SSSR count). The Balaban J connectivity index is 1.75. The molecule has 2 aromatic carbocycles.